The highest BCUT2D eigenvalue weighted by Crippen LogP contribution is 2.24. The fourth-order valence-corrected chi connectivity index (χ4v) is 4.62. The zero-order chi connectivity index (χ0) is 20.0. The van der Waals surface area contributed by atoms with Crippen LogP contribution in [0.4, 0.5) is 0 Å². The molecule has 27 heavy (non-hydrogen) atoms. The maximum atomic E-state index is 12.3. The average Bonchev–Trinajstić information content (AvgIpc) is 2.61. The van der Waals surface area contributed by atoms with E-state index in [0.717, 1.165) is 25.7 Å². The van der Waals surface area contributed by atoms with E-state index in [1.165, 1.54) is 6.92 Å². The topological polar surface area (TPSA) is 113 Å². The van der Waals surface area contributed by atoms with Gasteiger partial charge >= 0.3 is 5.97 Å². The third-order valence-electron chi connectivity index (χ3n) is 5.05. The summed E-state index contributed by atoms with van der Waals surface area (Å²) in [6.45, 7) is 3.63. The molecule has 3 N–H and O–H groups in total. The van der Waals surface area contributed by atoms with Gasteiger partial charge in [0, 0.05) is 6.04 Å². The van der Waals surface area contributed by atoms with Gasteiger partial charge in [-0.15, -0.1) is 0 Å². The number of amides is 1. The summed E-state index contributed by atoms with van der Waals surface area (Å²) in [5.41, 5.74) is 0.618. The maximum Gasteiger partial charge on any atom is 0.308 e. The van der Waals surface area contributed by atoms with Crippen LogP contribution in [0.5, 0.6) is 0 Å². The van der Waals surface area contributed by atoms with Gasteiger partial charge in [0.2, 0.25) is 15.9 Å². The Morgan fingerprint density at radius 1 is 1.15 bits per heavy atom. The minimum atomic E-state index is -3.78. The van der Waals surface area contributed by atoms with Crippen LogP contribution in [0.15, 0.2) is 30.3 Å². The lowest BCUT2D eigenvalue weighted by atomic mass is 9.88. The molecule has 1 amide bonds. The number of aliphatic carboxylic acids is 1. The predicted molar refractivity (Wildman–Crippen MR) is 102 cm³/mol. The second-order valence-electron chi connectivity index (χ2n) is 7.42. The van der Waals surface area contributed by atoms with Crippen LogP contribution >= 0.6 is 0 Å². The first-order chi connectivity index (χ1) is 12.7. The standard InChI is InChI=1S/C19H28N2O5S/c1-13-8-10-16(11-9-13)21-27(25,26)12-17(22)20-18(14(2)19(23)24)15-6-4-3-5-7-15/h3-7,13-14,16,18,21H,8-12H2,1-2H3,(H,20,22)(H,23,24). The van der Waals surface area contributed by atoms with Crippen LogP contribution in [0.3, 0.4) is 0 Å². The predicted octanol–water partition coefficient (Wildman–Crippen LogP) is 2.06. The van der Waals surface area contributed by atoms with E-state index >= 15 is 0 Å². The molecule has 1 aromatic rings. The Morgan fingerprint density at radius 3 is 2.30 bits per heavy atom. The fraction of sp³-hybridized carbons (Fsp3) is 0.579. The van der Waals surface area contributed by atoms with Gasteiger partial charge in [-0.2, -0.15) is 0 Å². The SMILES string of the molecule is CC1CCC(NS(=O)(=O)CC(=O)NC(c2ccccc2)C(C)C(=O)O)CC1. The van der Waals surface area contributed by atoms with Gasteiger partial charge in [-0.25, -0.2) is 13.1 Å². The summed E-state index contributed by atoms with van der Waals surface area (Å²) in [5.74, 6) is -2.80. The Kier molecular flexibility index (Phi) is 7.38. The van der Waals surface area contributed by atoms with Gasteiger partial charge in [0.1, 0.15) is 5.75 Å². The molecule has 0 radical (unpaired) electrons. The molecule has 1 aliphatic carbocycles. The second-order valence-corrected chi connectivity index (χ2v) is 9.17. The summed E-state index contributed by atoms with van der Waals surface area (Å²) < 4.78 is 27.3. The van der Waals surface area contributed by atoms with Crippen molar-refractivity contribution in [1.82, 2.24) is 10.0 Å². The van der Waals surface area contributed by atoms with Crippen molar-refractivity contribution in [1.29, 1.82) is 0 Å². The lowest BCUT2D eigenvalue weighted by Crippen LogP contribution is -2.44. The molecule has 1 aromatic carbocycles. The molecule has 2 unspecified atom stereocenters. The Hall–Kier alpha value is -1.93. The number of sulfonamides is 1. The van der Waals surface area contributed by atoms with Gasteiger partial charge in [-0.05, 0) is 44.1 Å². The summed E-state index contributed by atoms with van der Waals surface area (Å²) in [5, 5.41) is 11.9. The number of carboxylic acids is 1. The highest BCUT2D eigenvalue weighted by atomic mass is 32.2. The largest absolute Gasteiger partial charge is 0.481 e. The summed E-state index contributed by atoms with van der Waals surface area (Å²) >= 11 is 0. The zero-order valence-corrected chi connectivity index (χ0v) is 16.5. The molecule has 0 aliphatic heterocycles. The van der Waals surface area contributed by atoms with Gasteiger partial charge in [-0.3, -0.25) is 9.59 Å². The molecule has 0 aromatic heterocycles. The van der Waals surface area contributed by atoms with Crippen LogP contribution in [0, 0.1) is 11.8 Å². The summed E-state index contributed by atoms with van der Waals surface area (Å²) in [6.07, 6.45) is 3.46. The van der Waals surface area contributed by atoms with E-state index in [1.54, 1.807) is 30.3 Å². The number of rotatable bonds is 8. The lowest BCUT2D eigenvalue weighted by Gasteiger charge is -2.27. The number of carbonyl (C=O) groups excluding carboxylic acids is 1. The molecule has 1 saturated carbocycles. The van der Waals surface area contributed by atoms with E-state index in [2.05, 4.69) is 17.0 Å². The number of carbonyl (C=O) groups is 2. The van der Waals surface area contributed by atoms with E-state index in [4.69, 9.17) is 0 Å². The molecule has 1 fully saturated rings. The number of carboxylic acid groups (broad SMARTS) is 1. The normalized spacial score (nSPS) is 22.6. The minimum absolute atomic E-state index is 0.137. The van der Waals surface area contributed by atoms with Gasteiger partial charge in [0.15, 0.2) is 0 Å². The Balaban J connectivity index is 2.01. The van der Waals surface area contributed by atoms with E-state index in [9.17, 15) is 23.1 Å². The highest BCUT2D eigenvalue weighted by molar-refractivity contribution is 7.90. The first-order valence-electron chi connectivity index (χ1n) is 9.25. The maximum absolute atomic E-state index is 12.3. The van der Waals surface area contributed by atoms with Crippen LogP contribution in [-0.2, 0) is 19.6 Å². The first kappa shape index (κ1) is 21.4. The summed E-state index contributed by atoms with van der Waals surface area (Å²) in [6, 6.07) is 7.74. The van der Waals surface area contributed by atoms with E-state index < -0.39 is 39.6 Å². The van der Waals surface area contributed by atoms with Crippen molar-refractivity contribution in [2.75, 3.05) is 5.75 Å². The summed E-state index contributed by atoms with van der Waals surface area (Å²) in [4.78, 5) is 23.7. The van der Waals surface area contributed by atoms with Crippen molar-refractivity contribution < 1.29 is 23.1 Å². The molecule has 7 nitrogen and oxygen atoms in total. The average molecular weight is 397 g/mol. The van der Waals surface area contributed by atoms with E-state index in [1.807, 2.05) is 0 Å². The van der Waals surface area contributed by atoms with Crippen molar-refractivity contribution in [3.05, 3.63) is 35.9 Å². The highest BCUT2D eigenvalue weighted by Gasteiger charge is 2.29. The molecular formula is C19H28N2O5S. The van der Waals surface area contributed by atoms with Crippen molar-refractivity contribution in [2.45, 2.75) is 51.6 Å². The number of hydrogen-bond acceptors (Lipinski definition) is 4. The second kappa shape index (κ2) is 9.32. The Labute approximate surface area is 160 Å². The molecule has 2 rings (SSSR count). The van der Waals surface area contributed by atoms with Gasteiger partial charge in [0.25, 0.3) is 0 Å². The van der Waals surface area contributed by atoms with Gasteiger partial charge < -0.3 is 10.4 Å². The van der Waals surface area contributed by atoms with Crippen LogP contribution in [0.2, 0.25) is 0 Å². The fourth-order valence-electron chi connectivity index (χ4n) is 3.36. The molecule has 2 atom stereocenters. The lowest BCUT2D eigenvalue weighted by molar-refractivity contribution is -0.142. The van der Waals surface area contributed by atoms with E-state index in [-0.39, 0.29) is 6.04 Å². The Bertz CT molecular complexity index is 743. The van der Waals surface area contributed by atoms with Crippen LogP contribution in [0.1, 0.15) is 51.1 Å². The molecule has 0 saturated heterocycles. The van der Waals surface area contributed by atoms with Crippen LogP contribution < -0.4 is 10.0 Å². The minimum Gasteiger partial charge on any atom is -0.481 e. The zero-order valence-electron chi connectivity index (χ0n) is 15.7. The smallest absolute Gasteiger partial charge is 0.308 e. The molecule has 0 heterocycles. The van der Waals surface area contributed by atoms with Crippen molar-refractivity contribution in [3.63, 3.8) is 0 Å². The third-order valence-corrected chi connectivity index (χ3v) is 6.38. The molecular weight excluding hydrogens is 368 g/mol. The van der Waals surface area contributed by atoms with Crippen LogP contribution in [0.25, 0.3) is 0 Å². The number of benzene rings is 1. The number of nitrogens with one attached hydrogen (secondary N) is 2. The molecule has 8 heteroatoms. The quantitative estimate of drug-likeness (QED) is 0.623. The third kappa shape index (κ3) is 6.62. The van der Waals surface area contributed by atoms with E-state index in [0.29, 0.717) is 11.5 Å². The number of hydrogen-bond donors (Lipinski definition) is 3. The molecule has 1 aliphatic rings. The summed E-state index contributed by atoms with van der Waals surface area (Å²) in [7, 11) is -3.78. The molecule has 0 spiro atoms. The molecule has 150 valence electrons. The van der Waals surface area contributed by atoms with Crippen LogP contribution in [-0.4, -0.2) is 37.2 Å². The van der Waals surface area contributed by atoms with Gasteiger partial charge in [-0.1, -0.05) is 37.3 Å². The van der Waals surface area contributed by atoms with Crippen molar-refractivity contribution in [3.8, 4) is 0 Å². The molecule has 0 bridgehead atoms. The van der Waals surface area contributed by atoms with Crippen molar-refractivity contribution in [2.24, 2.45) is 11.8 Å². The first-order valence-corrected chi connectivity index (χ1v) is 10.9. The monoisotopic (exact) mass is 396 g/mol. The van der Waals surface area contributed by atoms with Gasteiger partial charge in [0.05, 0.1) is 12.0 Å². The van der Waals surface area contributed by atoms with Crippen molar-refractivity contribution >= 4 is 21.9 Å². The Morgan fingerprint density at radius 2 is 1.74 bits per heavy atom.